The van der Waals surface area contributed by atoms with Gasteiger partial charge in [-0.15, -0.1) is 0 Å². The highest BCUT2D eigenvalue weighted by Crippen LogP contribution is 2.14. The van der Waals surface area contributed by atoms with Gasteiger partial charge in [-0.3, -0.25) is 9.59 Å². The van der Waals surface area contributed by atoms with Gasteiger partial charge in [0.25, 0.3) is 0 Å². The molecule has 0 amide bonds. The highest BCUT2D eigenvalue weighted by atomic mass is 16.6. The lowest BCUT2D eigenvalue weighted by molar-refractivity contribution is -0.889. The smallest absolute Gasteiger partial charge is 0.306 e. The maximum atomic E-state index is 12.8. The average molecular weight is 870 g/mol. The highest BCUT2D eigenvalue weighted by Gasteiger charge is 2.25. The van der Waals surface area contributed by atoms with Crippen LogP contribution in [0, 0.1) is 0 Å². The van der Waals surface area contributed by atoms with Crippen LogP contribution in [0.5, 0.6) is 0 Å². The third kappa shape index (κ3) is 42.3. The summed E-state index contributed by atoms with van der Waals surface area (Å²) in [5.74, 6) is -1.77. The molecule has 0 spiro atoms. The van der Waals surface area contributed by atoms with E-state index in [4.69, 9.17) is 14.2 Å². The monoisotopic (exact) mass is 870 g/mol. The molecule has 8 heteroatoms. The fourth-order valence-corrected chi connectivity index (χ4v) is 7.25. The van der Waals surface area contributed by atoms with Crippen LogP contribution in [0.3, 0.4) is 0 Å². The highest BCUT2D eigenvalue weighted by molar-refractivity contribution is 5.70. The van der Waals surface area contributed by atoms with Gasteiger partial charge in [-0.25, -0.2) is 0 Å². The van der Waals surface area contributed by atoms with Crippen LogP contribution in [-0.2, 0) is 28.6 Å². The van der Waals surface area contributed by atoms with Crippen LogP contribution in [0.15, 0.2) is 60.8 Å². The van der Waals surface area contributed by atoms with Crippen molar-refractivity contribution < 1.29 is 38.2 Å². The second-order valence-electron chi connectivity index (χ2n) is 18.1. The SMILES string of the molecule is CCCCC/C=C/C=C/C=C/C=C/CCCCCCCC(=O)OCC(COCCC(C(=O)[O-])[N+](C)(C)C)OC(=O)CCCCCCCCC/C=C/CCCCCCCCCCC. The number of carboxylic acids is 1. The van der Waals surface area contributed by atoms with Gasteiger partial charge in [-0.2, -0.15) is 0 Å². The van der Waals surface area contributed by atoms with E-state index < -0.39 is 18.1 Å². The molecule has 0 radical (unpaired) electrons. The third-order valence-corrected chi connectivity index (χ3v) is 11.2. The predicted molar refractivity (Wildman–Crippen MR) is 259 cm³/mol. The molecule has 0 aliphatic rings. The summed E-state index contributed by atoms with van der Waals surface area (Å²) in [6, 6.07) is -0.733. The molecule has 0 aliphatic carbocycles. The van der Waals surface area contributed by atoms with Crippen LogP contribution < -0.4 is 5.11 Å². The Balaban J connectivity index is 4.32. The predicted octanol–water partition coefficient (Wildman–Crippen LogP) is 13.2. The number of rotatable bonds is 45. The van der Waals surface area contributed by atoms with Gasteiger partial charge in [0.15, 0.2) is 6.10 Å². The summed E-state index contributed by atoms with van der Waals surface area (Å²) in [5, 5.41) is 11.7. The molecule has 8 nitrogen and oxygen atoms in total. The van der Waals surface area contributed by atoms with Crippen molar-refractivity contribution in [2.45, 2.75) is 225 Å². The maximum absolute atomic E-state index is 12.8. The number of carboxylic acid groups (broad SMARTS) is 1. The quantitative estimate of drug-likeness (QED) is 0.0197. The van der Waals surface area contributed by atoms with E-state index >= 15 is 0 Å². The van der Waals surface area contributed by atoms with E-state index in [0.29, 0.717) is 12.8 Å². The summed E-state index contributed by atoms with van der Waals surface area (Å²) < 4.78 is 17.2. The van der Waals surface area contributed by atoms with E-state index in [1.165, 1.54) is 116 Å². The Labute approximate surface area is 381 Å². The van der Waals surface area contributed by atoms with Crippen LogP contribution >= 0.6 is 0 Å². The van der Waals surface area contributed by atoms with Crippen LogP contribution in [0.2, 0.25) is 0 Å². The van der Waals surface area contributed by atoms with Crippen molar-refractivity contribution in [3.63, 3.8) is 0 Å². The average Bonchev–Trinajstić information content (AvgIpc) is 3.23. The molecule has 0 aliphatic heterocycles. The summed E-state index contributed by atoms with van der Waals surface area (Å²) in [6.07, 6.45) is 55.3. The second-order valence-corrected chi connectivity index (χ2v) is 18.1. The largest absolute Gasteiger partial charge is 0.544 e. The van der Waals surface area contributed by atoms with Gasteiger partial charge in [0.1, 0.15) is 12.6 Å². The second kappa shape index (κ2) is 44.6. The van der Waals surface area contributed by atoms with Gasteiger partial charge in [0.2, 0.25) is 0 Å². The first-order valence-corrected chi connectivity index (χ1v) is 25.4. The van der Waals surface area contributed by atoms with Crippen LogP contribution in [0.4, 0.5) is 0 Å². The zero-order valence-corrected chi connectivity index (χ0v) is 40.8. The van der Waals surface area contributed by atoms with Gasteiger partial charge in [-0.05, 0) is 64.2 Å². The zero-order valence-electron chi connectivity index (χ0n) is 40.8. The minimum absolute atomic E-state index is 0.0296. The topological polar surface area (TPSA) is 102 Å². The summed E-state index contributed by atoms with van der Waals surface area (Å²) in [7, 11) is 5.40. The third-order valence-electron chi connectivity index (χ3n) is 11.2. The molecule has 0 saturated carbocycles. The standard InChI is InChI=1S/C54H95NO7/c1-6-8-10-12-14-16-18-20-22-24-26-27-29-31-33-35-37-39-41-43-45-53(57)62-50(48-60-47-46-51(54(58)59)55(3,4)5)49-61-52(56)44-42-40-38-36-34-32-30-28-25-23-21-19-17-15-13-11-9-7-2/h15,17,19,21,23,25-28,30,50-51H,6-14,16,18,20,22,24,29,31-49H2,1-5H3/b17-15+,21-19+,25-23+,27-26+,30-28+. The molecule has 0 N–H and O–H groups in total. The number of allylic oxidation sites excluding steroid dienone is 10. The fourth-order valence-electron chi connectivity index (χ4n) is 7.25. The molecule has 0 aromatic carbocycles. The number of esters is 2. The summed E-state index contributed by atoms with van der Waals surface area (Å²) >= 11 is 0. The molecule has 0 rings (SSSR count). The Morgan fingerprint density at radius 1 is 0.484 bits per heavy atom. The van der Waals surface area contributed by atoms with Gasteiger partial charge in [-0.1, -0.05) is 190 Å². The van der Waals surface area contributed by atoms with E-state index in [0.717, 1.165) is 64.2 Å². The Morgan fingerprint density at radius 2 is 0.871 bits per heavy atom. The van der Waals surface area contributed by atoms with Gasteiger partial charge >= 0.3 is 11.9 Å². The zero-order chi connectivity index (χ0) is 45.6. The normalized spacial score (nSPS) is 13.4. The van der Waals surface area contributed by atoms with Crippen molar-refractivity contribution in [2.24, 2.45) is 0 Å². The first-order valence-electron chi connectivity index (χ1n) is 25.4. The number of nitrogens with zero attached hydrogens (tertiary/aromatic N) is 1. The van der Waals surface area contributed by atoms with E-state index in [9.17, 15) is 19.5 Å². The minimum Gasteiger partial charge on any atom is -0.544 e. The van der Waals surface area contributed by atoms with E-state index in [1.54, 1.807) is 21.1 Å². The molecule has 0 aromatic heterocycles. The maximum Gasteiger partial charge on any atom is 0.306 e. The minimum atomic E-state index is -1.13. The molecule has 62 heavy (non-hydrogen) atoms. The van der Waals surface area contributed by atoms with Gasteiger partial charge in [0, 0.05) is 19.3 Å². The molecular weight excluding hydrogens is 775 g/mol. The van der Waals surface area contributed by atoms with Gasteiger partial charge < -0.3 is 28.6 Å². The molecule has 2 unspecified atom stereocenters. The van der Waals surface area contributed by atoms with Crippen molar-refractivity contribution in [1.82, 2.24) is 0 Å². The Kier molecular flexibility index (Phi) is 42.5. The van der Waals surface area contributed by atoms with Crippen LogP contribution in [0.1, 0.15) is 213 Å². The number of quaternary nitrogens is 1. The Bertz CT molecular complexity index is 1200. The van der Waals surface area contributed by atoms with Crippen molar-refractivity contribution >= 4 is 17.9 Å². The molecule has 0 bridgehead atoms. The number of hydrogen-bond acceptors (Lipinski definition) is 7. The van der Waals surface area contributed by atoms with Crippen molar-refractivity contribution in [2.75, 3.05) is 41.0 Å². The molecule has 0 aromatic rings. The van der Waals surface area contributed by atoms with E-state index in [2.05, 4.69) is 74.6 Å². The Hall–Kier alpha value is -2.97. The fraction of sp³-hybridized carbons (Fsp3) is 0.759. The summed E-state index contributed by atoms with van der Waals surface area (Å²) in [4.78, 5) is 37.0. The van der Waals surface area contributed by atoms with E-state index in [1.807, 2.05) is 0 Å². The number of carbonyl (C=O) groups is 3. The lowest BCUT2D eigenvalue weighted by Gasteiger charge is -2.34. The first-order chi connectivity index (χ1) is 30.1. The number of unbranched alkanes of at least 4 members (excludes halogenated alkanes) is 24. The van der Waals surface area contributed by atoms with E-state index in [-0.39, 0.29) is 42.7 Å². The van der Waals surface area contributed by atoms with Crippen molar-refractivity contribution in [1.29, 1.82) is 0 Å². The lowest BCUT2D eigenvalue weighted by Crippen LogP contribution is -2.55. The molecule has 0 heterocycles. The van der Waals surface area contributed by atoms with Gasteiger partial charge in [0.05, 0.1) is 40.3 Å². The summed E-state index contributed by atoms with van der Waals surface area (Å²) in [5.41, 5.74) is 0. The Morgan fingerprint density at radius 3 is 1.34 bits per heavy atom. The van der Waals surface area contributed by atoms with Crippen molar-refractivity contribution in [3.8, 4) is 0 Å². The number of aliphatic carboxylic acids is 1. The van der Waals surface area contributed by atoms with Crippen LogP contribution in [0.25, 0.3) is 0 Å². The first kappa shape index (κ1) is 59.0. The summed E-state index contributed by atoms with van der Waals surface area (Å²) in [6.45, 7) is 4.61. The molecular formula is C54H95NO7. The number of likely N-dealkylation sites (N-methyl/N-ethyl adjacent to an activating group) is 1. The number of carbonyl (C=O) groups excluding carboxylic acids is 3. The molecule has 0 fully saturated rings. The van der Waals surface area contributed by atoms with Crippen molar-refractivity contribution in [3.05, 3.63) is 60.8 Å². The molecule has 358 valence electrons. The number of ether oxygens (including phenoxy) is 3. The molecule has 0 saturated heterocycles. The lowest BCUT2D eigenvalue weighted by atomic mass is 10.1. The number of hydrogen-bond donors (Lipinski definition) is 0. The molecule has 2 atom stereocenters. The van der Waals surface area contributed by atoms with Crippen LogP contribution in [-0.4, -0.2) is 75.5 Å².